The van der Waals surface area contributed by atoms with Gasteiger partial charge in [0.05, 0.1) is 7.11 Å². The van der Waals surface area contributed by atoms with E-state index in [0.717, 1.165) is 30.6 Å². The number of benzene rings is 2. The predicted molar refractivity (Wildman–Crippen MR) is 110 cm³/mol. The van der Waals surface area contributed by atoms with Gasteiger partial charge in [-0.25, -0.2) is 0 Å². The average Bonchev–Trinajstić information content (AvgIpc) is 2.98. The lowest BCUT2D eigenvalue weighted by Crippen LogP contribution is -2.32. The summed E-state index contributed by atoms with van der Waals surface area (Å²) >= 11 is 1.93. The normalized spacial score (nSPS) is 17.7. The van der Waals surface area contributed by atoms with E-state index in [1.54, 1.807) is 7.11 Å². The van der Waals surface area contributed by atoms with Gasteiger partial charge in [-0.3, -0.25) is 4.79 Å². The molecule has 0 N–H and O–H groups in total. The minimum atomic E-state index is -0.0423. The molecule has 1 saturated heterocycles. The summed E-state index contributed by atoms with van der Waals surface area (Å²) < 4.78 is 11.2. The molecule has 4 rings (SSSR count). The van der Waals surface area contributed by atoms with E-state index in [4.69, 9.17) is 9.15 Å². The van der Waals surface area contributed by atoms with Gasteiger partial charge in [-0.2, -0.15) is 11.8 Å². The minimum Gasteiger partial charge on any atom is -0.493 e. The molecule has 2 heterocycles. The number of aryl methyl sites for hydroxylation is 1. The number of thioether (sulfide) groups is 1. The highest BCUT2D eigenvalue weighted by molar-refractivity contribution is 7.99. The second-order valence-electron chi connectivity index (χ2n) is 6.79. The molecule has 2 aromatic carbocycles. The smallest absolute Gasteiger partial charge is 0.289 e. The number of carbonyl (C=O) groups is 1. The summed E-state index contributed by atoms with van der Waals surface area (Å²) in [5.74, 6) is 1.92. The highest BCUT2D eigenvalue weighted by atomic mass is 32.2. The maximum atomic E-state index is 13.0. The third kappa shape index (κ3) is 3.56. The number of rotatable bonds is 3. The van der Waals surface area contributed by atoms with Crippen molar-refractivity contribution in [2.45, 2.75) is 18.6 Å². The number of methoxy groups -OCH3 is 1. The number of amides is 1. The lowest BCUT2D eigenvalue weighted by Gasteiger charge is -2.19. The molecule has 1 aliphatic heterocycles. The summed E-state index contributed by atoms with van der Waals surface area (Å²) in [7, 11) is 1.61. The molecule has 0 bridgehead atoms. The van der Waals surface area contributed by atoms with Crippen LogP contribution in [0.1, 0.15) is 33.4 Å². The number of hydrogen-bond donors (Lipinski definition) is 0. The first kappa shape index (κ1) is 18.0. The summed E-state index contributed by atoms with van der Waals surface area (Å²) in [6.07, 6.45) is 0.949. The molecule has 1 atom stereocenters. The third-order valence-electron chi connectivity index (χ3n) is 5.10. The largest absolute Gasteiger partial charge is 0.493 e. The standard InChI is InChI=1S/C22H23NO3S/c1-15-6-3-4-8-17(15)20-10-11-23(12-13-27-20)22(24)19-14-16-7-5-9-18(25-2)21(16)26-19/h3-9,14,20H,10-13H2,1-2H3. The zero-order valence-corrected chi connectivity index (χ0v) is 16.4. The van der Waals surface area contributed by atoms with Crippen molar-refractivity contribution in [3.05, 3.63) is 65.4 Å². The second-order valence-corrected chi connectivity index (χ2v) is 8.10. The average molecular weight is 381 g/mol. The maximum absolute atomic E-state index is 13.0. The van der Waals surface area contributed by atoms with Crippen molar-refractivity contribution in [3.8, 4) is 5.75 Å². The first-order valence-corrected chi connectivity index (χ1v) is 10.2. The minimum absolute atomic E-state index is 0.0423. The Morgan fingerprint density at radius 2 is 2.04 bits per heavy atom. The van der Waals surface area contributed by atoms with Crippen molar-refractivity contribution >= 4 is 28.6 Å². The molecule has 1 aromatic heterocycles. The van der Waals surface area contributed by atoms with E-state index in [1.165, 1.54) is 11.1 Å². The molecule has 0 radical (unpaired) electrons. The Morgan fingerprint density at radius 1 is 1.19 bits per heavy atom. The van der Waals surface area contributed by atoms with Crippen LogP contribution >= 0.6 is 11.8 Å². The molecule has 0 spiro atoms. The highest BCUT2D eigenvalue weighted by Gasteiger charge is 2.26. The van der Waals surface area contributed by atoms with Gasteiger partial charge in [0.2, 0.25) is 0 Å². The Kier molecular flexibility index (Phi) is 5.12. The number of fused-ring (bicyclic) bond motifs is 1. The topological polar surface area (TPSA) is 42.7 Å². The summed E-state index contributed by atoms with van der Waals surface area (Å²) in [5, 5.41) is 1.32. The Balaban J connectivity index is 1.52. The van der Waals surface area contributed by atoms with Gasteiger partial charge >= 0.3 is 0 Å². The summed E-state index contributed by atoms with van der Waals surface area (Å²) in [6.45, 7) is 3.63. The molecule has 3 aromatic rings. The molecule has 0 saturated carbocycles. The number of ether oxygens (including phenoxy) is 1. The van der Waals surface area contributed by atoms with Crippen LogP contribution in [-0.4, -0.2) is 36.8 Å². The van der Waals surface area contributed by atoms with E-state index in [-0.39, 0.29) is 5.91 Å². The fourth-order valence-electron chi connectivity index (χ4n) is 3.63. The van der Waals surface area contributed by atoms with Crippen molar-refractivity contribution in [2.24, 2.45) is 0 Å². The predicted octanol–water partition coefficient (Wildman–Crippen LogP) is 5.07. The van der Waals surface area contributed by atoms with Crippen molar-refractivity contribution < 1.29 is 13.9 Å². The molecule has 0 aliphatic carbocycles. The summed E-state index contributed by atoms with van der Waals surface area (Å²) in [6, 6.07) is 16.0. The molecular formula is C22H23NO3S. The SMILES string of the molecule is COc1cccc2cc(C(=O)N3CCSC(c4ccccc4C)CC3)oc12. The van der Waals surface area contributed by atoms with Crippen LogP contribution in [0.4, 0.5) is 0 Å². The van der Waals surface area contributed by atoms with Crippen LogP contribution in [0, 0.1) is 6.92 Å². The zero-order valence-electron chi connectivity index (χ0n) is 15.6. The number of para-hydroxylation sites is 1. The molecule has 27 heavy (non-hydrogen) atoms. The number of carbonyl (C=O) groups excluding carboxylic acids is 1. The molecule has 140 valence electrons. The fraction of sp³-hybridized carbons (Fsp3) is 0.318. The van der Waals surface area contributed by atoms with Crippen LogP contribution in [0.2, 0.25) is 0 Å². The molecule has 1 fully saturated rings. The van der Waals surface area contributed by atoms with Gasteiger partial charge in [0.15, 0.2) is 17.1 Å². The molecule has 5 heteroatoms. The highest BCUT2D eigenvalue weighted by Crippen LogP contribution is 2.36. The van der Waals surface area contributed by atoms with Crippen LogP contribution in [-0.2, 0) is 0 Å². The van der Waals surface area contributed by atoms with Crippen molar-refractivity contribution in [3.63, 3.8) is 0 Å². The van der Waals surface area contributed by atoms with Gasteiger partial charge in [-0.1, -0.05) is 36.4 Å². The van der Waals surface area contributed by atoms with E-state index in [2.05, 4.69) is 31.2 Å². The van der Waals surface area contributed by atoms with Crippen molar-refractivity contribution in [1.82, 2.24) is 4.90 Å². The van der Waals surface area contributed by atoms with E-state index >= 15 is 0 Å². The Labute approximate surface area is 163 Å². The van der Waals surface area contributed by atoms with Gasteiger partial charge in [0, 0.05) is 29.5 Å². The second kappa shape index (κ2) is 7.69. The quantitative estimate of drug-likeness (QED) is 0.635. The summed E-state index contributed by atoms with van der Waals surface area (Å²) in [5.41, 5.74) is 3.33. The van der Waals surface area contributed by atoms with Gasteiger partial charge < -0.3 is 14.1 Å². The van der Waals surface area contributed by atoms with Crippen LogP contribution < -0.4 is 4.74 Å². The van der Waals surface area contributed by atoms with Crippen molar-refractivity contribution in [2.75, 3.05) is 26.0 Å². The van der Waals surface area contributed by atoms with E-state index < -0.39 is 0 Å². The fourth-order valence-corrected chi connectivity index (χ4v) is 4.95. The van der Waals surface area contributed by atoms with Gasteiger partial charge in [-0.05, 0) is 36.6 Å². The van der Waals surface area contributed by atoms with E-state index in [9.17, 15) is 4.79 Å². The monoisotopic (exact) mass is 381 g/mol. The van der Waals surface area contributed by atoms with Crippen molar-refractivity contribution in [1.29, 1.82) is 0 Å². The third-order valence-corrected chi connectivity index (χ3v) is 6.41. The lowest BCUT2D eigenvalue weighted by molar-refractivity contribution is 0.0737. The van der Waals surface area contributed by atoms with Crippen LogP contribution in [0.25, 0.3) is 11.0 Å². The Morgan fingerprint density at radius 3 is 2.85 bits per heavy atom. The lowest BCUT2D eigenvalue weighted by atomic mass is 10.0. The van der Waals surface area contributed by atoms with Gasteiger partial charge in [-0.15, -0.1) is 0 Å². The Hall–Kier alpha value is -2.40. The number of hydrogen-bond acceptors (Lipinski definition) is 4. The molecule has 1 aliphatic rings. The molecular weight excluding hydrogens is 358 g/mol. The molecule has 4 nitrogen and oxygen atoms in total. The van der Waals surface area contributed by atoms with Crippen LogP contribution in [0.3, 0.4) is 0 Å². The number of nitrogens with zero attached hydrogens (tertiary/aromatic N) is 1. The zero-order chi connectivity index (χ0) is 18.8. The van der Waals surface area contributed by atoms with E-state index in [0.29, 0.717) is 22.3 Å². The first-order chi connectivity index (χ1) is 13.2. The maximum Gasteiger partial charge on any atom is 0.289 e. The molecule has 1 unspecified atom stereocenters. The number of furan rings is 1. The van der Waals surface area contributed by atoms with Crippen LogP contribution in [0.15, 0.2) is 52.9 Å². The Bertz CT molecular complexity index is 965. The first-order valence-electron chi connectivity index (χ1n) is 9.20. The molecule has 1 amide bonds. The van der Waals surface area contributed by atoms with Gasteiger partial charge in [0.1, 0.15) is 0 Å². The summed E-state index contributed by atoms with van der Waals surface area (Å²) in [4.78, 5) is 14.9. The van der Waals surface area contributed by atoms with Gasteiger partial charge in [0.25, 0.3) is 5.91 Å². The van der Waals surface area contributed by atoms with E-state index in [1.807, 2.05) is 40.9 Å². The van der Waals surface area contributed by atoms with Crippen LogP contribution in [0.5, 0.6) is 5.75 Å².